The molecular formula is C6H15LiO3S. The van der Waals surface area contributed by atoms with Crippen LogP contribution >= 0.6 is 0 Å². The van der Waals surface area contributed by atoms with E-state index in [0.29, 0.717) is 12.3 Å². The van der Waals surface area contributed by atoms with Gasteiger partial charge in [-0.1, -0.05) is 20.3 Å². The van der Waals surface area contributed by atoms with E-state index in [1.165, 1.54) is 0 Å². The Morgan fingerprint density at radius 1 is 1.45 bits per heavy atom. The van der Waals surface area contributed by atoms with E-state index in [9.17, 15) is 8.42 Å². The van der Waals surface area contributed by atoms with Crippen molar-refractivity contribution in [2.24, 2.45) is 5.92 Å². The normalized spacial score (nSPS) is 13.7. The molecule has 3 nitrogen and oxygen atoms in total. The number of hydrogen-bond acceptors (Lipinski definition) is 2. The molecule has 1 atom stereocenters. The van der Waals surface area contributed by atoms with Crippen LogP contribution in [0.4, 0.5) is 0 Å². The van der Waals surface area contributed by atoms with Crippen LogP contribution in [0.1, 0.15) is 26.7 Å². The predicted molar refractivity (Wildman–Crippen MR) is 47.6 cm³/mol. The monoisotopic (exact) mass is 174 g/mol. The van der Waals surface area contributed by atoms with Gasteiger partial charge in [-0.15, -0.1) is 0 Å². The van der Waals surface area contributed by atoms with E-state index < -0.39 is 10.1 Å². The molecule has 0 aliphatic rings. The molecule has 0 aromatic heterocycles. The van der Waals surface area contributed by atoms with Crippen molar-refractivity contribution in [3.8, 4) is 0 Å². The van der Waals surface area contributed by atoms with Crippen molar-refractivity contribution >= 4 is 29.0 Å². The van der Waals surface area contributed by atoms with Crippen LogP contribution in [0, 0.1) is 5.92 Å². The molecular weight excluding hydrogens is 159 g/mol. The zero-order valence-corrected chi connectivity index (χ0v) is 7.19. The van der Waals surface area contributed by atoms with E-state index in [-0.39, 0.29) is 24.6 Å². The quantitative estimate of drug-likeness (QED) is 0.503. The summed E-state index contributed by atoms with van der Waals surface area (Å²) in [5.41, 5.74) is 0. The summed E-state index contributed by atoms with van der Waals surface area (Å²) in [5.74, 6) is 0.268. The zero-order chi connectivity index (χ0) is 8.20. The Morgan fingerprint density at radius 2 is 1.91 bits per heavy atom. The summed E-state index contributed by atoms with van der Waals surface area (Å²) in [6.45, 7) is 3.96. The second kappa shape index (κ2) is 6.07. The molecule has 0 bridgehead atoms. The van der Waals surface area contributed by atoms with E-state index in [4.69, 9.17) is 4.55 Å². The maximum atomic E-state index is 10.2. The summed E-state index contributed by atoms with van der Waals surface area (Å²) in [5, 5.41) is 0. The summed E-state index contributed by atoms with van der Waals surface area (Å²) in [4.78, 5) is 0. The van der Waals surface area contributed by atoms with Gasteiger partial charge < -0.3 is 0 Å². The predicted octanol–water partition coefficient (Wildman–Crippen LogP) is 0.662. The van der Waals surface area contributed by atoms with Crippen LogP contribution in [-0.2, 0) is 10.1 Å². The van der Waals surface area contributed by atoms with Gasteiger partial charge in [-0.05, 0) is 12.3 Å². The van der Waals surface area contributed by atoms with E-state index >= 15 is 0 Å². The Balaban J connectivity index is 0. The van der Waals surface area contributed by atoms with Crippen LogP contribution in [0.25, 0.3) is 0 Å². The van der Waals surface area contributed by atoms with Gasteiger partial charge in [0.15, 0.2) is 0 Å². The molecule has 0 aliphatic carbocycles. The Labute approximate surface area is 80.5 Å². The average molecular weight is 174 g/mol. The molecule has 0 amide bonds. The van der Waals surface area contributed by atoms with E-state index in [0.717, 1.165) is 6.42 Å². The molecule has 1 unspecified atom stereocenters. The molecule has 0 spiro atoms. The third-order valence-corrected chi connectivity index (χ3v) is 2.32. The Bertz CT molecular complexity index is 176. The molecule has 0 radical (unpaired) electrons. The van der Waals surface area contributed by atoms with Crippen LogP contribution in [0.15, 0.2) is 0 Å². The molecule has 0 aromatic carbocycles. The second-order valence-corrected chi connectivity index (χ2v) is 4.16. The SMILES string of the molecule is CCC(C)CCS(=O)(=O)O.[LiH]. The Kier molecular flexibility index (Phi) is 7.76. The van der Waals surface area contributed by atoms with Gasteiger partial charge in [0.2, 0.25) is 0 Å². The topological polar surface area (TPSA) is 54.4 Å². The fraction of sp³-hybridized carbons (Fsp3) is 1.00. The van der Waals surface area contributed by atoms with Crippen LogP contribution in [-0.4, -0.2) is 37.6 Å². The van der Waals surface area contributed by atoms with Crippen LogP contribution in [0.3, 0.4) is 0 Å². The van der Waals surface area contributed by atoms with Gasteiger partial charge in [0.1, 0.15) is 0 Å². The average Bonchev–Trinajstić information content (AvgIpc) is 1.81. The van der Waals surface area contributed by atoms with Crippen molar-refractivity contribution < 1.29 is 13.0 Å². The molecule has 0 heterocycles. The standard InChI is InChI=1S/C6H14O3S.Li.H/c1-3-6(2)4-5-10(7,8)9;;/h6H,3-5H2,1-2H3,(H,7,8,9);;. The van der Waals surface area contributed by atoms with Crippen molar-refractivity contribution in [3.63, 3.8) is 0 Å². The summed E-state index contributed by atoms with van der Waals surface area (Å²) in [6.07, 6.45) is 1.50. The van der Waals surface area contributed by atoms with E-state index in [1.54, 1.807) is 0 Å². The van der Waals surface area contributed by atoms with Gasteiger partial charge in [-0.3, -0.25) is 4.55 Å². The molecule has 64 valence electrons. The van der Waals surface area contributed by atoms with Gasteiger partial charge in [-0.25, -0.2) is 0 Å². The van der Waals surface area contributed by atoms with Crippen molar-refractivity contribution in [2.75, 3.05) is 5.75 Å². The summed E-state index contributed by atoms with van der Waals surface area (Å²) in [7, 11) is -3.73. The first-order chi connectivity index (χ1) is 4.45. The van der Waals surface area contributed by atoms with Gasteiger partial charge in [-0.2, -0.15) is 8.42 Å². The minimum absolute atomic E-state index is 0. The van der Waals surface area contributed by atoms with Gasteiger partial charge in [0, 0.05) is 0 Å². The minimum atomic E-state index is -3.73. The van der Waals surface area contributed by atoms with Crippen molar-refractivity contribution in [1.82, 2.24) is 0 Å². The summed E-state index contributed by atoms with van der Waals surface area (Å²) in [6, 6.07) is 0. The van der Waals surface area contributed by atoms with Crippen LogP contribution in [0.5, 0.6) is 0 Å². The zero-order valence-electron chi connectivity index (χ0n) is 6.37. The molecule has 0 saturated heterocycles. The Hall–Kier alpha value is 0.507. The molecule has 0 aromatic rings. The first kappa shape index (κ1) is 14.1. The molecule has 0 saturated carbocycles. The number of rotatable bonds is 4. The molecule has 5 heteroatoms. The fourth-order valence-electron chi connectivity index (χ4n) is 0.554. The molecule has 0 rings (SSSR count). The first-order valence-electron chi connectivity index (χ1n) is 3.41. The maximum absolute atomic E-state index is 10.2. The Morgan fingerprint density at radius 3 is 2.18 bits per heavy atom. The van der Waals surface area contributed by atoms with Gasteiger partial charge >= 0.3 is 18.9 Å². The van der Waals surface area contributed by atoms with Crippen molar-refractivity contribution in [2.45, 2.75) is 26.7 Å². The molecule has 0 fully saturated rings. The van der Waals surface area contributed by atoms with Gasteiger partial charge in [0.05, 0.1) is 5.75 Å². The summed E-state index contributed by atoms with van der Waals surface area (Å²) >= 11 is 0. The fourth-order valence-corrected chi connectivity index (χ4v) is 1.25. The third-order valence-electron chi connectivity index (χ3n) is 1.57. The molecule has 1 N–H and O–H groups in total. The van der Waals surface area contributed by atoms with Crippen molar-refractivity contribution in [3.05, 3.63) is 0 Å². The molecule has 11 heavy (non-hydrogen) atoms. The second-order valence-electron chi connectivity index (χ2n) is 2.59. The van der Waals surface area contributed by atoms with Crippen molar-refractivity contribution in [1.29, 1.82) is 0 Å². The first-order valence-corrected chi connectivity index (χ1v) is 5.01. The van der Waals surface area contributed by atoms with Crippen LogP contribution in [0.2, 0.25) is 0 Å². The van der Waals surface area contributed by atoms with Crippen LogP contribution < -0.4 is 0 Å². The summed E-state index contributed by atoms with van der Waals surface area (Å²) < 4.78 is 28.7. The number of hydrogen-bond donors (Lipinski definition) is 1. The molecule has 0 aliphatic heterocycles. The third kappa shape index (κ3) is 10.5. The van der Waals surface area contributed by atoms with E-state index in [2.05, 4.69) is 0 Å². The van der Waals surface area contributed by atoms with E-state index in [1.807, 2.05) is 13.8 Å². The van der Waals surface area contributed by atoms with Gasteiger partial charge in [0.25, 0.3) is 10.1 Å².